The highest BCUT2D eigenvalue weighted by molar-refractivity contribution is 5.89. The number of benzene rings is 1. The summed E-state index contributed by atoms with van der Waals surface area (Å²) in [5, 5.41) is 12.9. The number of nitrogens with zero attached hydrogens (tertiary/aromatic N) is 2. The van der Waals surface area contributed by atoms with Gasteiger partial charge in [-0.25, -0.2) is 9.18 Å². The van der Waals surface area contributed by atoms with E-state index < -0.39 is 10.7 Å². The van der Waals surface area contributed by atoms with Crippen LogP contribution < -0.4 is 5.32 Å². The number of carbonyl (C=O) groups excluding carboxylic acids is 1. The summed E-state index contributed by atoms with van der Waals surface area (Å²) in [6.07, 6.45) is 2.97. The van der Waals surface area contributed by atoms with Gasteiger partial charge in [0.15, 0.2) is 5.82 Å². The number of hydrogen-bond donors (Lipinski definition) is 1. The van der Waals surface area contributed by atoms with Crippen LogP contribution in [0.15, 0.2) is 18.2 Å². The maximum Gasteiger partial charge on any atom is 0.321 e. The van der Waals surface area contributed by atoms with Crippen molar-refractivity contribution in [1.82, 2.24) is 4.90 Å². The van der Waals surface area contributed by atoms with E-state index in [2.05, 4.69) is 5.32 Å². The summed E-state index contributed by atoms with van der Waals surface area (Å²) in [7, 11) is 0. The summed E-state index contributed by atoms with van der Waals surface area (Å²) in [6.45, 7) is 1.31. The molecule has 1 aliphatic rings. The van der Waals surface area contributed by atoms with E-state index >= 15 is 0 Å². The molecule has 1 fully saturated rings. The molecule has 0 aliphatic carbocycles. The van der Waals surface area contributed by atoms with Gasteiger partial charge in [-0.05, 0) is 25.3 Å². The Balaban J connectivity index is 2.06. The zero-order chi connectivity index (χ0) is 13.8. The molecule has 102 valence electrons. The van der Waals surface area contributed by atoms with Gasteiger partial charge in [0.2, 0.25) is 0 Å². The van der Waals surface area contributed by atoms with E-state index in [4.69, 9.17) is 0 Å². The Hall–Kier alpha value is -2.18. The first-order chi connectivity index (χ1) is 9.08. The van der Waals surface area contributed by atoms with Crippen molar-refractivity contribution in [3.63, 3.8) is 0 Å². The lowest BCUT2D eigenvalue weighted by atomic mass is 10.1. The highest BCUT2D eigenvalue weighted by Gasteiger charge is 2.18. The number of likely N-dealkylation sites (tertiary alicyclic amines) is 1. The van der Waals surface area contributed by atoms with Gasteiger partial charge in [0.25, 0.3) is 5.69 Å². The van der Waals surface area contributed by atoms with Crippen molar-refractivity contribution in [1.29, 1.82) is 0 Å². The van der Waals surface area contributed by atoms with Gasteiger partial charge in [-0.15, -0.1) is 0 Å². The van der Waals surface area contributed by atoms with Gasteiger partial charge in [0.1, 0.15) is 0 Å². The Morgan fingerprint density at radius 3 is 2.58 bits per heavy atom. The summed E-state index contributed by atoms with van der Waals surface area (Å²) >= 11 is 0. The van der Waals surface area contributed by atoms with Crippen LogP contribution in [0.3, 0.4) is 0 Å². The third-order valence-electron chi connectivity index (χ3n) is 3.05. The van der Waals surface area contributed by atoms with E-state index in [1.165, 1.54) is 6.07 Å². The van der Waals surface area contributed by atoms with Crippen LogP contribution in [0.5, 0.6) is 0 Å². The zero-order valence-corrected chi connectivity index (χ0v) is 10.3. The molecule has 19 heavy (non-hydrogen) atoms. The Kier molecular flexibility index (Phi) is 3.94. The molecule has 0 bridgehead atoms. The van der Waals surface area contributed by atoms with E-state index in [-0.39, 0.29) is 17.4 Å². The first-order valence-corrected chi connectivity index (χ1v) is 6.08. The SMILES string of the molecule is O=C(Nc1ccc([N+](=O)[O-])cc1F)N1CCCCC1. The van der Waals surface area contributed by atoms with Crippen LogP contribution >= 0.6 is 0 Å². The molecule has 1 aromatic rings. The van der Waals surface area contributed by atoms with Crippen molar-refractivity contribution >= 4 is 17.4 Å². The number of nitrogens with one attached hydrogen (secondary N) is 1. The number of rotatable bonds is 2. The molecule has 0 radical (unpaired) electrons. The summed E-state index contributed by atoms with van der Waals surface area (Å²) in [5.74, 6) is -0.806. The molecule has 1 aromatic carbocycles. The Morgan fingerprint density at radius 2 is 2.00 bits per heavy atom. The van der Waals surface area contributed by atoms with Crippen LogP contribution in [0.25, 0.3) is 0 Å². The van der Waals surface area contributed by atoms with Gasteiger partial charge in [-0.2, -0.15) is 0 Å². The van der Waals surface area contributed by atoms with Crippen LogP contribution in [-0.4, -0.2) is 28.9 Å². The number of carbonyl (C=O) groups is 1. The molecule has 1 saturated heterocycles. The second kappa shape index (κ2) is 5.64. The lowest BCUT2D eigenvalue weighted by Gasteiger charge is -2.26. The quantitative estimate of drug-likeness (QED) is 0.661. The topological polar surface area (TPSA) is 75.5 Å². The minimum absolute atomic E-state index is 0.0406. The molecule has 0 spiro atoms. The van der Waals surface area contributed by atoms with Crippen LogP contribution in [0.2, 0.25) is 0 Å². The Morgan fingerprint density at radius 1 is 1.32 bits per heavy atom. The molecule has 0 saturated carbocycles. The molecule has 0 aromatic heterocycles. The van der Waals surface area contributed by atoms with Crippen molar-refractivity contribution in [2.24, 2.45) is 0 Å². The fourth-order valence-corrected chi connectivity index (χ4v) is 2.01. The average Bonchev–Trinajstić information content (AvgIpc) is 2.41. The van der Waals surface area contributed by atoms with E-state index in [9.17, 15) is 19.3 Å². The number of nitro groups is 1. The van der Waals surface area contributed by atoms with Crippen molar-refractivity contribution in [2.75, 3.05) is 18.4 Å². The molecular formula is C12H14FN3O3. The molecule has 7 heteroatoms. The van der Waals surface area contributed by atoms with Gasteiger partial charge in [-0.3, -0.25) is 10.1 Å². The van der Waals surface area contributed by atoms with E-state index in [0.29, 0.717) is 13.1 Å². The number of anilines is 1. The van der Waals surface area contributed by atoms with Crippen molar-refractivity contribution < 1.29 is 14.1 Å². The molecule has 6 nitrogen and oxygen atoms in total. The van der Waals surface area contributed by atoms with Crippen LogP contribution in [-0.2, 0) is 0 Å². The molecule has 0 unspecified atom stereocenters. The van der Waals surface area contributed by atoms with E-state index in [1.54, 1.807) is 4.90 Å². The number of amides is 2. The second-order valence-corrected chi connectivity index (χ2v) is 4.40. The minimum atomic E-state index is -0.806. The molecule has 1 aliphatic heterocycles. The van der Waals surface area contributed by atoms with Gasteiger partial charge in [-0.1, -0.05) is 0 Å². The molecular weight excluding hydrogens is 253 g/mol. The summed E-state index contributed by atoms with van der Waals surface area (Å²) < 4.78 is 13.6. The first-order valence-electron chi connectivity index (χ1n) is 6.08. The fourth-order valence-electron chi connectivity index (χ4n) is 2.01. The summed E-state index contributed by atoms with van der Waals surface area (Å²) in [6, 6.07) is 2.79. The average molecular weight is 267 g/mol. The number of nitro benzene ring substituents is 1. The lowest BCUT2D eigenvalue weighted by molar-refractivity contribution is -0.385. The third kappa shape index (κ3) is 3.18. The predicted octanol–water partition coefficient (Wildman–Crippen LogP) is 2.75. The molecule has 0 atom stereocenters. The van der Waals surface area contributed by atoms with E-state index in [1.807, 2.05) is 0 Å². The Labute approximate surface area is 109 Å². The van der Waals surface area contributed by atoms with Crippen LogP contribution in [0.4, 0.5) is 20.6 Å². The van der Waals surface area contributed by atoms with Gasteiger partial charge < -0.3 is 10.2 Å². The first kappa shape index (κ1) is 13.3. The largest absolute Gasteiger partial charge is 0.325 e. The second-order valence-electron chi connectivity index (χ2n) is 4.40. The maximum absolute atomic E-state index is 13.6. The molecule has 2 rings (SSSR count). The minimum Gasteiger partial charge on any atom is -0.325 e. The Bertz CT molecular complexity index is 501. The normalized spacial score (nSPS) is 15.1. The van der Waals surface area contributed by atoms with Crippen molar-refractivity contribution in [2.45, 2.75) is 19.3 Å². The highest BCUT2D eigenvalue weighted by atomic mass is 19.1. The number of non-ortho nitro benzene ring substituents is 1. The molecule has 2 amide bonds. The fraction of sp³-hybridized carbons (Fsp3) is 0.417. The zero-order valence-electron chi connectivity index (χ0n) is 10.3. The number of halogens is 1. The third-order valence-corrected chi connectivity index (χ3v) is 3.05. The molecule has 1 N–H and O–H groups in total. The van der Waals surface area contributed by atoms with E-state index in [0.717, 1.165) is 31.4 Å². The highest BCUT2D eigenvalue weighted by Crippen LogP contribution is 2.21. The predicted molar refractivity (Wildman–Crippen MR) is 67.5 cm³/mol. The standard InChI is InChI=1S/C12H14FN3O3/c13-10-8-9(16(18)19)4-5-11(10)14-12(17)15-6-2-1-3-7-15/h4-5,8H,1-3,6-7H2,(H,14,17). The van der Waals surface area contributed by atoms with Gasteiger partial charge in [0.05, 0.1) is 16.7 Å². The maximum atomic E-state index is 13.6. The number of hydrogen-bond acceptors (Lipinski definition) is 3. The number of piperidine rings is 1. The smallest absolute Gasteiger partial charge is 0.321 e. The lowest BCUT2D eigenvalue weighted by Crippen LogP contribution is -2.38. The van der Waals surface area contributed by atoms with Gasteiger partial charge in [0, 0.05) is 19.2 Å². The van der Waals surface area contributed by atoms with Gasteiger partial charge >= 0.3 is 6.03 Å². The van der Waals surface area contributed by atoms with Crippen molar-refractivity contribution in [3.8, 4) is 0 Å². The van der Waals surface area contributed by atoms with Crippen LogP contribution in [0.1, 0.15) is 19.3 Å². The van der Waals surface area contributed by atoms with Crippen molar-refractivity contribution in [3.05, 3.63) is 34.1 Å². The monoisotopic (exact) mass is 267 g/mol. The summed E-state index contributed by atoms with van der Waals surface area (Å²) in [5.41, 5.74) is -0.380. The molecule has 1 heterocycles. The summed E-state index contributed by atoms with van der Waals surface area (Å²) in [4.78, 5) is 23.3. The number of urea groups is 1. The van der Waals surface area contributed by atoms with Crippen LogP contribution in [0, 0.1) is 15.9 Å².